The van der Waals surface area contributed by atoms with Crippen molar-refractivity contribution in [3.05, 3.63) is 0 Å². The van der Waals surface area contributed by atoms with E-state index in [-0.39, 0.29) is 29.6 Å². The zero-order chi connectivity index (χ0) is 13.6. The van der Waals surface area contributed by atoms with Gasteiger partial charge in [0.25, 0.3) is 0 Å². The molecule has 0 saturated heterocycles. The van der Waals surface area contributed by atoms with E-state index >= 15 is 0 Å². The predicted molar refractivity (Wildman–Crippen MR) is 56.8 cm³/mol. The van der Waals surface area contributed by atoms with Gasteiger partial charge in [-0.05, 0) is 13.8 Å². The number of carbonyl (C=O) groups is 1. The van der Waals surface area contributed by atoms with Crippen molar-refractivity contribution >= 4 is 5.97 Å². The van der Waals surface area contributed by atoms with E-state index in [4.69, 9.17) is 20.4 Å². The molecular weight excluding hydrogens is 253 g/mol. The van der Waals surface area contributed by atoms with Gasteiger partial charge in [-0.25, -0.2) is 0 Å². The van der Waals surface area contributed by atoms with Crippen LogP contribution in [0.2, 0.25) is 0 Å². The van der Waals surface area contributed by atoms with Crippen LogP contribution < -0.4 is 34.7 Å². The Bertz CT molecular complexity index is 231. The Morgan fingerprint density at radius 3 is 1.50 bits per heavy atom. The van der Waals surface area contributed by atoms with E-state index in [0.717, 1.165) is 4.90 Å². The number of hydrogen-bond donors (Lipinski definition) is 4. The van der Waals surface area contributed by atoms with Crippen molar-refractivity contribution in [1.82, 2.24) is 4.90 Å². The summed E-state index contributed by atoms with van der Waals surface area (Å²) in [5, 5.41) is 47.5. The number of aliphatic carboxylic acids is 1. The molecule has 0 unspecified atom stereocenters. The van der Waals surface area contributed by atoms with Crippen molar-refractivity contribution in [3.63, 3.8) is 0 Å². The molecule has 0 amide bonds. The van der Waals surface area contributed by atoms with Gasteiger partial charge in [0.1, 0.15) is 0 Å². The molecule has 0 fully saturated rings. The monoisotopic (exact) mass is 273 g/mol. The van der Waals surface area contributed by atoms with Gasteiger partial charge < -0.3 is 30.3 Å². The zero-order valence-corrected chi connectivity index (χ0v) is 13.0. The van der Waals surface area contributed by atoms with Crippen LogP contribution in [0.5, 0.6) is 0 Å². The molecule has 8 heteroatoms. The number of rotatable bonds is 8. The quantitative estimate of drug-likeness (QED) is 0.324. The molecule has 0 saturated carbocycles. The van der Waals surface area contributed by atoms with E-state index < -0.39 is 50.0 Å². The third-order valence-corrected chi connectivity index (χ3v) is 2.77. The van der Waals surface area contributed by atoms with Crippen molar-refractivity contribution in [3.8, 4) is 0 Å². The first-order chi connectivity index (χ1) is 7.86. The fraction of sp³-hybridized carbons (Fsp3) is 0.900. The van der Waals surface area contributed by atoms with Gasteiger partial charge in [-0.15, -0.1) is 0 Å². The maximum Gasteiger partial charge on any atom is 1.00 e. The fourth-order valence-corrected chi connectivity index (χ4v) is 1.78. The van der Waals surface area contributed by atoms with E-state index in [0.29, 0.717) is 0 Å². The predicted octanol–water partition coefficient (Wildman–Crippen LogP) is -6.47. The van der Waals surface area contributed by atoms with Crippen LogP contribution in [-0.4, -0.2) is 75.3 Å². The van der Waals surface area contributed by atoms with E-state index in [2.05, 4.69) is 0 Å². The second-order valence-electron chi connectivity index (χ2n) is 4.29. The Morgan fingerprint density at radius 1 is 1.06 bits per heavy atom. The number of carbonyl (C=O) groups excluding carboxylic acids is 1. The SMILES string of the molecule is CC(C)(C(=O)[O-])N(C(CO)CO)C(CO)CO.[Na+]. The smallest absolute Gasteiger partial charge is 0.548 e. The van der Waals surface area contributed by atoms with Crippen LogP contribution in [-0.2, 0) is 4.79 Å². The van der Waals surface area contributed by atoms with Gasteiger partial charge >= 0.3 is 29.6 Å². The van der Waals surface area contributed by atoms with E-state index in [1.54, 1.807) is 0 Å². The standard InChI is InChI=1S/C10H21NO6.Na/c1-10(2,9(16)17)11(7(3-12)4-13)8(5-14)6-15;/h7-8,12-15H,3-6H2,1-2H3,(H,16,17);/q;+1/p-1. The minimum absolute atomic E-state index is 0. The first-order valence-corrected chi connectivity index (χ1v) is 5.30. The molecule has 4 N–H and O–H groups in total. The second-order valence-corrected chi connectivity index (χ2v) is 4.29. The summed E-state index contributed by atoms with van der Waals surface area (Å²) < 4.78 is 0. The van der Waals surface area contributed by atoms with Crippen LogP contribution in [0.3, 0.4) is 0 Å². The molecule has 0 aliphatic heterocycles. The average Bonchev–Trinajstić information content (AvgIpc) is 2.29. The Labute approximate surface area is 128 Å². The van der Waals surface area contributed by atoms with Crippen LogP contribution >= 0.6 is 0 Å². The van der Waals surface area contributed by atoms with Gasteiger partial charge in [-0.1, -0.05) is 0 Å². The molecule has 0 aromatic heterocycles. The van der Waals surface area contributed by atoms with Gasteiger partial charge in [0.2, 0.25) is 0 Å². The Morgan fingerprint density at radius 2 is 1.33 bits per heavy atom. The molecule has 0 aliphatic rings. The molecular formula is C10H20NNaO6. The number of hydrogen-bond acceptors (Lipinski definition) is 7. The van der Waals surface area contributed by atoms with Crippen molar-refractivity contribution in [1.29, 1.82) is 0 Å². The fourth-order valence-electron chi connectivity index (χ4n) is 1.78. The summed E-state index contributed by atoms with van der Waals surface area (Å²) in [4.78, 5) is 12.2. The minimum atomic E-state index is -1.54. The summed E-state index contributed by atoms with van der Waals surface area (Å²) in [6, 6.07) is -1.79. The van der Waals surface area contributed by atoms with E-state index in [1.165, 1.54) is 13.8 Å². The number of nitrogens with zero attached hydrogens (tertiary/aromatic N) is 1. The van der Waals surface area contributed by atoms with Crippen molar-refractivity contribution in [2.24, 2.45) is 0 Å². The van der Waals surface area contributed by atoms with Gasteiger partial charge in [0, 0.05) is 0 Å². The van der Waals surface area contributed by atoms with Gasteiger partial charge in [0.05, 0.1) is 50.0 Å². The van der Waals surface area contributed by atoms with Crippen LogP contribution in [0.25, 0.3) is 0 Å². The first-order valence-electron chi connectivity index (χ1n) is 5.30. The molecule has 0 aromatic rings. The summed E-state index contributed by atoms with van der Waals surface area (Å²) >= 11 is 0. The van der Waals surface area contributed by atoms with Gasteiger partial charge in [0.15, 0.2) is 0 Å². The summed E-state index contributed by atoms with van der Waals surface area (Å²) in [6.45, 7) is 0.652. The molecule has 0 atom stereocenters. The number of aliphatic hydroxyl groups excluding tert-OH is 4. The maximum absolute atomic E-state index is 11.1. The average molecular weight is 273 g/mol. The van der Waals surface area contributed by atoms with Crippen LogP contribution in [0.15, 0.2) is 0 Å². The third kappa shape index (κ3) is 4.75. The number of carboxylic acids is 1. The Balaban J connectivity index is 0. The van der Waals surface area contributed by atoms with Crippen LogP contribution in [0, 0.1) is 0 Å². The van der Waals surface area contributed by atoms with Crippen molar-refractivity contribution < 1.29 is 59.9 Å². The Kier molecular flexibility index (Phi) is 10.5. The number of aliphatic hydroxyl groups is 4. The normalized spacial score (nSPS) is 12.1. The Hall–Kier alpha value is 0.270. The molecule has 0 spiro atoms. The largest absolute Gasteiger partial charge is 1.00 e. The molecule has 0 heterocycles. The molecule has 0 aliphatic carbocycles. The zero-order valence-electron chi connectivity index (χ0n) is 11.0. The molecule has 102 valence electrons. The van der Waals surface area contributed by atoms with Gasteiger partial charge in [-0.3, -0.25) is 4.90 Å². The first kappa shape index (κ1) is 20.6. The maximum atomic E-state index is 11.1. The third-order valence-electron chi connectivity index (χ3n) is 2.77. The molecule has 0 aromatic carbocycles. The molecule has 0 rings (SSSR count). The molecule has 7 nitrogen and oxygen atoms in total. The van der Waals surface area contributed by atoms with Crippen LogP contribution in [0.4, 0.5) is 0 Å². The second kappa shape index (κ2) is 9.22. The number of carboxylic acid groups (broad SMARTS) is 1. The van der Waals surface area contributed by atoms with E-state index in [1.807, 2.05) is 0 Å². The van der Waals surface area contributed by atoms with Gasteiger partial charge in [-0.2, -0.15) is 0 Å². The van der Waals surface area contributed by atoms with Crippen molar-refractivity contribution in [2.75, 3.05) is 26.4 Å². The topological polar surface area (TPSA) is 124 Å². The summed E-state index contributed by atoms with van der Waals surface area (Å²) in [6.07, 6.45) is 0. The summed E-state index contributed by atoms with van der Waals surface area (Å²) in [7, 11) is 0. The summed E-state index contributed by atoms with van der Waals surface area (Å²) in [5.74, 6) is -1.42. The minimum Gasteiger partial charge on any atom is -0.548 e. The summed E-state index contributed by atoms with van der Waals surface area (Å²) in [5.41, 5.74) is -1.54. The van der Waals surface area contributed by atoms with Crippen molar-refractivity contribution in [2.45, 2.75) is 31.5 Å². The molecule has 0 radical (unpaired) electrons. The van der Waals surface area contributed by atoms with E-state index in [9.17, 15) is 9.90 Å². The molecule has 18 heavy (non-hydrogen) atoms. The molecule has 0 bridgehead atoms. The van der Waals surface area contributed by atoms with Crippen LogP contribution in [0.1, 0.15) is 13.8 Å².